The van der Waals surface area contributed by atoms with Crippen LogP contribution in [-0.4, -0.2) is 41.1 Å². The van der Waals surface area contributed by atoms with Crippen LogP contribution in [0.15, 0.2) is 0 Å². The van der Waals surface area contributed by atoms with Gasteiger partial charge in [-0.05, 0) is 20.3 Å². The summed E-state index contributed by atoms with van der Waals surface area (Å²) in [6.07, 6.45) is 1.03. The Labute approximate surface area is 94.5 Å². The molecule has 0 atom stereocenters. The predicted octanol–water partition coefficient (Wildman–Crippen LogP) is 0.456. The van der Waals surface area contributed by atoms with Gasteiger partial charge in [0.05, 0.1) is 9.52 Å². The van der Waals surface area contributed by atoms with Gasteiger partial charge in [-0.25, -0.2) is 0 Å². The van der Waals surface area contributed by atoms with Gasteiger partial charge in [-0.1, -0.05) is 6.04 Å². The largest absolute Gasteiger partial charge is 0.357 e. The van der Waals surface area contributed by atoms with E-state index in [4.69, 9.17) is 9.47 Å². The first-order valence-corrected chi connectivity index (χ1v) is 7.50. The van der Waals surface area contributed by atoms with Crippen LogP contribution in [0.2, 0.25) is 6.04 Å². The van der Waals surface area contributed by atoms with Crippen molar-refractivity contribution in [2.75, 3.05) is 19.8 Å². The lowest BCUT2D eigenvalue weighted by Gasteiger charge is -2.16. The topological polar surface area (TPSA) is 47.6 Å². The Balaban J connectivity index is 3.39. The van der Waals surface area contributed by atoms with E-state index < -0.39 is 0 Å². The molecule has 0 spiro atoms. The molecule has 5 heteroatoms. The third-order valence-corrected chi connectivity index (χ3v) is 3.80. The molecule has 0 fully saturated rings. The zero-order valence-electron chi connectivity index (χ0n) is 10.0. The molecule has 0 aromatic heterocycles. The second kappa shape index (κ2) is 10.1. The molecule has 0 aromatic rings. The summed E-state index contributed by atoms with van der Waals surface area (Å²) in [4.78, 5) is 10.6. The SMILES string of the molecule is CCOC(OCC)[SiH2]CCCNC(C)=O. The van der Waals surface area contributed by atoms with E-state index in [1.54, 1.807) is 6.92 Å². The first-order chi connectivity index (χ1) is 7.20. The number of nitrogens with one attached hydrogen (secondary N) is 1. The van der Waals surface area contributed by atoms with Crippen molar-refractivity contribution < 1.29 is 14.3 Å². The fourth-order valence-corrected chi connectivity index (χ4v) is 2.96. The highest BCUT2D eigenvalue weighted by Gasteiger charge is 2.07. The molecule has 0 aliphatic rings. The molecule has 0 bridgehead atoms. The Morgan fingerprint density at radius 3 is 2.40 bits per heavy atom. The van der Waals surface area contributed by atoms with E-state index >= 15 is 0 Å². The summed E-state index contributed by atoms with van der Waals surface area (Å²) in [5.41, 5.74) is 0. The zero-order chi connectivity index (χ0) is 11.5. The molecule has 15 heavy (non-hydrogen) atoms. The third-order valence-electron chi connectivity index (χ3n) is 1.95. The maximum Gasteiger partial charge on any atom is 0.216 e. The average molecular weight is 233 g/mol. The minimum absolute atomic E-state index is 0.0443. The van der Waals surface area contributed by atoms with Crippen molar-refractivity contribution in [3.63, 3.8) is 0 Å². The van der Waals surface area contributed by atoms with E-state index in [9.17, 15) is 4.79 Å². The molecular weight excluding hydrogens is 210 g/mol. The molecule has 90 valence electrons. The van der Waals surface area contributed by atoms with Crippen LogP contribution in [0.3, 0.4) is 0 Å². The molecule has 0 heterocycles. The first-order valence-electron chi connectivity index (χ1n) is 5.68. The van der Waals surface area contributed by atoms with Crippen LogP contribution < -0.4 is 5.32 Å². The normalized spacial score (nSPS) is 11.5. The van der Waals surface area contributed by atoms with Crippen molar-refractivity contribution in [3.05, 3.63) is 0 Å². The molecule has 0 saturated heterocycles. The van der Waals surface area contributed by atoms with Gasteiger partial charge < -0.3 is 14.8 Å². The van der Waals surface area contributed by atoms with Crippen LogP contribution in [-0.2, 0) is 14.3 Å². The summed E-state index contributed by atoms with van der Waals surface area (Å²) in [5, 5.41) is 2.78. The van der Waals surface area contributed by atoms with Gasteiger partial charge in [0.1, 0.15) is 5.91 Å². The summed E-state index contributed by atoms with van der Waals surface area (Å²) in [7, 11) is -0.337. The Morgan fingerprint density at radius 1 is 1.33 bits per heavy atom. The summed E-state index contributed by atoms with van der Waals surface area (Å²) in [5.74, 6) is 0.0974. The highest BCUT2D eigenvalue weighted by molar-refractivity contribution is 6.36. The quantitative estimate of drug-likeness (QED) is 0.357. The van der Waals surface area contributed by atoms with Gasteiger partial charge in [0.2, 0.25) is 5.91 Å². The molecule has 0 aliphatic carbocycles. The van der Waals surface area contributed by atoms with Crippen molar-refractivity contribution in [1.82, 2.24) is 5.32 Å². The van der Waals surface area contributed by atoms with E-state index in [-0.39, 0.29) is 21.3 Å². The van der Waals surface area contributed by atoms with Crippen molar-refractivity contribution >= 4 is 15.4 Å². The molecule has 0 saturated carbocycles. The van der Waals surface area contributed by atoms with Crippen LogP contribution in [0.4, 0.5) is 0 Å². The number of rotatable bonds is 9. The summed E-state index contributed by atoms with van der Waals surface area (Å²) < 4.78 is 10.9. The predicted molar refractivity (Wildman–Crippen MR) is 63.7 cm³/mol. The molecule has 1 N–H and O–H groups in total. The van der Waals surface area contributed by atoms with Gasteiger partial charge in [0.25, 0.3) is 0 Å². The number of carbonyl (C=O) groups excluding carboxylic acids is 1. The van der Waals surface area contributed by atoms with Gasteiger partial charge in [-0.15, -0.1) is 0 Å². The number of ether oxygens (including phenoxy) is 2. The van der Waals surface area contributed by atoms with E-state index in [1.807, 2.05) is 13.8 Å². The third kappa shape index (κ3) is 9.90. The summed E-state index contributed by atoms with van der Waals surface area (Å²) >= 11 is 0. The number of amides is 1. The number of carbonyl (C=O) groups is 1. The average Bonchev–Trinajstić information content (AvgIpc) is 2.17. The molecule has 0 rings (SSSR count). The molecule has 0 radical (unpaired) electrons. The van der Waals surface area contributed by atoms with Crippen molar-refractivity contribution in [3.8, 4) is 0 Å². The van der Waals surface area contributed by atoms with E-state index in [0.29, 0.717) is 13.2 Å². The standard InChI is InChI=1S/C10H23NO3Si/c1-4-13-10(14-5-2)15-8-6-7-11-9(3)12/h10H,4-8,15H2,1-3H3,(H,11,12). The molecule has 0 unspecified atom stereocenters. The van der Waals surface area contributed by atoms with Gasteiger partial charge >= 0.3 is 0 Å². The summed E-state index contributed by atoms with van der Waals surface area (Å²) in [6.45, 7) is 7.70. The van der Waals surface area contributed by atoms with Crippen molar-refractivity contribution in [1.29, 1.82) is 0 Å². The number of hydrogen-bond acceptors (Lipinski definition) is 3. The highest BCUT2D eigenvalue weighted by atomic mass is 28.2. The minimum Gasteiger partial charge on any atom is -0.357 e. The maximum atomic E-state index is 10.6. The van der Waals surface area contributed by atoms with Crippen LogP contribution in [0, 0.1) is 0 Å². The lowest BCUT2D eigenvalue weighted by Crippen LogP contribution is -2.26. The van der Waals surface area contributed by atoms with Gasteiger partial charge in [0.15, 0.2) is 0 Å². The van der Waals surface area contributed by atoms with Crippen molar-refractivity contribution in [2.45, 2.75) is 39.1 Å². The fraction of sp³-hybridized carbons (Fsp3) is 0.900. The molecular formula is C10H23NO3Si. The van der Waals surface area contributed by atoms with E-state index in [2.05, 4.69) is 5.32 Å². The summed E-state index contributed by atoms with van der Waals surface area (Å²) in [6, 6.07) is 1.14. The maximum absolute atomic E-state index is 10.6. The van der Waals surface area contributed by atoms with Crippen LogP contribution in [0.5, 0.6) is 0 Å². The Kier molecular flexibility index (Phi) is 9.87. The van der Waals surface area contributed by atoms with Gasteiger partial charge in [-0.3, -0.25) is 4.79 Å². The molecule has 1 amide bonds. The van der Waals surface area contributed by atoms with Gasteiger partial charge in [-0.2, -0.15) is 0 Å². The van der Waals surface area contributed by atoms with E-state index in [1.165, 1.54) is 0 Å². The number of hydrogen-bond donors (Lipinski definition) is 1. The van der Waals surface area contributed by atoms with Crippen LogP contribution in [0.25, 0.3) is 0 Å². The van der Waals surface area contributed by atoms with Crippen LogP contribution in [0.1, 0.15) is 27.2 Å². The van der Waals surface area contributed by atoms with Crippen molar-refractivity contribution in [2.24, 2.45) is 0 Å². The molecule has 4 nitrogen and oxygen atoms in total. The lowest BCUT2D eigenvalue weighted by molar-refractivity contribution is -0.118. The second-order valence-electron chi connectivity index (χ2n) is 3.32. The Bertz CT molecular complexity index is 161. The monoisotopic (exact) mass is 233 g/mol. The first kappa shape index (κ1) is 14.6. The zero-order valence-corrected chi connectivity index (χ0v) is 11.5. The Morgan fingerprint density at radius 2 is 1.93 bits per heavy atom. The van der Waals surface area contributed by atoms with Gasteiger partial charge in [0, 0.05) is 26.7 Å². The molecule has 0 aliphatic heterocycles. The Hall–Kier alpha value is -0.393. The fourth-order valence-electron chi connectivity index (χ4n) is 1.29. The smallest absolute Gasteiger partial charge is 0.216 e. The second-order valence-corrected chi connectivity index (χ2v) is 5.27. The van der Waals surface area contributed by atoms with Crippen LogP contribution >= 0.6 is 0 Å². The lowest BCUT2D eigenvalue weighted by atomic mass is 10.5. The molecule has 0 aromatic carbocycles. The van der Waals surface area contributed by atoms with E-state index in [0.717, 1.165) is 19.0 Å². The minimum atomic E-state index is -0.337. The highest BCUT2D eigenvalue weighted by Crippen LogP contribution is 1.98.